The van der Waals surface area contributed by atoms with Gasteiger partial charge in [-0.05, 0) is 56.2 Å². The van der Waals surface area contributed by atoms with Crippen molar-refractivity contribution in [1.82, 2.24) is 9.71 Å². The summed E-state index contributed by atoms with van der Waals surface area (Å²) in [5.74, 6) is 0.203. The highest BCUT2D eigenvalue weighted by Crippen LogP contribution is 2.32. The first-order valence-electron chi connectivity index (χ1n) is 10.0. The van der Waals surface area contributed by atoms with Crippen LogP contribution in [0.15, 0.2) is 23.1 Å². The highest BCUT2D eigenvalue weighted by molar-refractivity contribution is 7.89. The maximum absolute atomic E-state index is 12.7. The number of amides is 1. The molecule has 2 heterocycles. The molecule has 1 aromatic heterocycles. The van der Waals surface area contributed by atoms with Crippen LogP contribution in [-0.4, -0.2) is 38.6 Å². The number of sulfonamides is 1. The van der Waals surface area contributed by atoms with Crippen LogP contribution in [0, 0.1) is 5.92 Å². The minimum absolute atomic E-state index is 0.0603. The largest absolute Gasteiger partial charge is 0.377 e. The van der Waals surface area contributed by atoms with Crippen molar-refractivity contribution in [3.05, 3.63) is 39.4 Å². The van der Waals surface area contributed by atoms with E-state index in [-0.39, 0.29) is 28.1 Å². The van der Waals surface area contributed by atoms with Crippen LogP contribution in [0.2, 0.25) is 5.02 Å². The van der Waals surface area contributed by atoms with Crippen LogP contribution in [0.3, 0.4) is 0 Å². The third kappa shape index (κ3) is 4.86. The van der Waals surface area contributed by atoms with Crippen molar-refractivity contribution in [3.8, 4) is 0 Å². The predicted octanol–water partition coefficient (Wildman–Crippen LogP) is 3.63. The first kappa shape index (κ1) is 21.7. The second-order valence-electron chi connectivity index (χ2n) is 7.82. The lowest BCUT2D eigenvalue weighted by atomic mass is 9.93. The molecule has 1 aliphatic carbocycles. The number of rotatable bonds is 6. The zero-order chi connectivity index (χ0) is 21.3. The average Bonchev–Trinajstić information content (AvgIpc) is 3.35. The van der Waals surface area contributed by atoms with Crippen LogP contribution < -0.4 is 10.0 Å². The molecule has 0 saturated carbocycles. The summed E-state index contributed by atoms with van der Waals surface area (Å²) in [5, 5.41) is 3.39. The molecule has 0 radical (unpaired) electrons. The van der Waals surface area contributed by atoms with Gasteiger partial charge in [0.2, 0.25) is 10.0 Å². The van der Waals surface area contributed by atoms with E-state index in [0.717, 1.165) is 37.8 Å². The molecule has 1 aliphatic heterocycles. The maximum atomic E-state index is 12.7. The Morgan fingerprint density at radius 3 is 2.97 bits per heavy atom. The van der Waals surface area contributed by atoms with Crippen molar-refractivity contribution < 1.29 is 17.9 Å². The number of aryl methyl sites for hydroxylation is 1. The van der Waals surface area contributed by atoms with E-state index in [9.17, 15) is 13.2 Å². The topological polar surface area (TPSA) is 97.4 Å². The molecule has 10 heteroatoms. The molecule has 1 saturated heterocycles. The van der Waals surface area contributed by atoms with Crippen molar-refractivity contribution in [2.45, 2.75) is 50.0 Å². The third-order valence-electron chi connectivity index (χ3n) is 5.41. The molecule has 4 rings (SSSR count). The van der Waals surface area contributed by atoms with E-state index in [0.29, 0.717) is 17.7 Å². The summed E-state index contributed by atoms with van der Waals surface area (Å²) in [4.78, 5) is 18.3. The Labute approximate surface area is 185 Å². The summed E-state index contributed by atoms with van der Waals surface area (Å²) >= 11 is 7.61. The molecule has 2 aromatic rings. The number of thiazole rings is 1. The normalized spacial score (nSPS) is 21.4. The van der Waals surface area contributed by atoms with Gasteiger partial charge < -0.3 is 4.74 Å². The lowest BCUT2D eigenvalue weighted by molar-refractivity contribution is 0.102. The smallest absolute Gasteiger partial charge is 0.257 e. The van der Waals surface area contributed by atoms with Gasteiger partial charge in [-0.3, -0.25) is 10.1 Å². The fourth-order valence-corrected chi connectivity index (χ4v) is 6.46. The summed E-state index contributed by atoms with van der Waals surface area (Å²) in [7, 11) is -3.87. The number of anilines is 1. The van der Waals surface area contributed by atoms with E-state index in [1.54, 1.807) is 0 Å². The molecule has 7 nitrogen and oxygen atoms in total. The summed E-state index contributed by atoms with van der Waals surface area (Å²) in [6.07, 6.45) is 4.59. The van der Waals surface area contributed by atoms with Gasteiger partial charge in [-0.25, -0.2) is 18.1 Å². The average molecular weight is 470 g/mol. The molecule has 162 valence electrons. The Morgan fingerprint density at radius 2 is 2.20 bits per heavy atom. The Balaban J connectivity index is 1.48. The highest BCUT2D eigenvalue weighted by Gasteiger charge is 2.24. The molecule has 2 atom stereocenters. The van der Waals surface area contributed by atoms with Crippen molar-refractivity contribution in [2.75, 3.05) is 18.5 Å². The van der Waals surface area contributed by atoms with Gasteiger partial charge in [0.25, 0.3) is 5.91 Å². The third-order valence-corrected chi connectivity index (χ3v) is 8.35. The molecule has 2 N–H and O–H groups in total. The quantitative estimate of drug-likeness (QED) is 0.673. The molecular formula is C20H24ClN3O4S2. The van der Waals surface area contributed by atoms with E-state index in [1.165, 1.54) is 34.4 Å². The number of ether oxygens (including phenoxy) is 1. The Bertz CT molecular complexity index is 1050. The lowest BCUT2D eigenvalue weighted by Gasteiger charge is -2.15. The molecule has 1 fully saturated rings. The van der Waals surface area contributed by atoms with Gasteiger partial charge in [-0.2, -0.15) is 0 Å². The predicted molar refractivity (Wildman–Crippen MR) is 117 cm³/mol. The molecule has 0 spiro atoms. The van der Waals surface area contributed by atoms with Gasteiger partial charge in [0.05, 0.1) is 16.8 Å². The first-order chi connectivity index (χ1) is 14.3. The summed E-state index contributed by atoms with van der Waals surface area (Å²) in [5.41, 5.74) is 1.25. The minimum Gasteiger partial charge on any atom is -0.377 e. The minimum atomic E-state index is -3.87. The van der Waals surface area contributed by atoms with Crippen molar-refractivity contribution in [2.24, 2.45) is 5.92 Å². The molecule has 1 aromatic carbocycles. The number of nitrogens with zero attached hydrogens (tertiary/aromatic N) is 1. The van der Waals surface area contributed by atoms with Gasteiger partial charge >= 0.3 is 0 Å². The molecule has 30 heavy (non-hydrogen) atoms. The number of hydrogen-bond donors (Lipinski definition) is 2. The Kier molecular flexibility index (Phi) is 6.45. The van der Waals surface area contributed by atoms with Crippen LogP contribution >= 0.6 is 22.9 Å². The zero-order valence-corrected chi connectivity index (χ0v) is 19.0. The Hall–Kier alpha value is -1.52. The van der Waals surface area contributed by atoms with E-state index in [4.69, 9.17) is 16.3 Å². The maximum Gasteiger partial charge on any atom is 0.257 e. The van der Waals surface area contributed by atoms with Crippen LogP contribution in [0.5, 0.6) is 0 Å². The van der Waals surface area contributed by atoms with Gasteiger partial charge in [0, 0.05) is 23.6 Å². The second-order valence-corrected chi connectivity index (χ2v) is 11.0. The number of nitrogens with one attached hydrogen (secondary N) is 2. The van der Waals surface area contributed by atoms with E-state index < -0.39 is 15.9 Å². The Morgan fingerprint density at radius 1 is 1.37 bits per heavy atom. The van der Waals surface area contributed by atoms with E-state index >= 15 is 0 Å². The van der Waals surface area contributed by atoms with E-state index in [1.807, 2.05) is 0 Å². The summed E-state index contributed by atoms with van der Waals surface area (Å²) in [6, 6.07) is 4.23. The van der Waals surface area contributed by atoms with Crippen LogP contribution in [0.25, 0.3) is 0 Å². The lowest BCUT2D eigenvalue weighted by Crippen LogP contribution is -2.32. The standard InChI is InChI=1S/C20H24ClN3O4S2/c1-12-4-7-16-17(9-12)29-20(23-16)24-19(25)13-5-6-15(21)18(10-13)30(26,27)22-11-14-3-2-8-28-14/h5-6,10,12,14,22H,2-4,7-9,11H2,1H3,(H,23,24,25). The zero-order valence-electron chi connectivity index (χ0n) is 16.6. The number of hydrogen-bond acceptors (Lipinski definition) is 6. The first-order valence-corrected chi connectivity index (χ1v) is 12.7. The number of benzene rings is 1. The number of aromatic nitrogens is 1. The number of halogens is 1. The van der Waals surface area contributed by atoms with E-state index in [2.05, 4.69) is 21.9 Å². The summed E-state index contributed by atoms with van der Waals surface area (Å²) < 4.78 is 33.4. The number of carbonyl (C=O) groups is 1. The van der Waals surface area contributed by atoms with Gasteiger partial charge in [-0.1, -0.05) is 18.5 Å². The fraction of sp³-hybridized carbons (Fsp3) is 0.500. The SMILES string of the molecule is CC1CCc2nc(NC(=O)c3ccc(Cl)c(S(=O)(=O)NCC4CCCO4)c3)sc2C1. The van der Waals surface area contributed by atoms with Crippen LogP contribution in [0.4, 0.5) is 5.13 Å². The van der Waals surface area contributed by atoms with Crippen LogP contribution in [-0.2, 0) is 27.6 Å². The van der Waals surface area contributed by atoms with Crippen molar-refractivity contribution >= 4 is 44.0 Å². The van der Waals surface area contributed by atoms with Gasteiger partial charge in [0.1, 0.15) is 4.90 Å². The molecule has 2 aliphatic rings. The second kappa shape index (κ2) is 8.92. The summed E-state index contributed by atoms with van der Waals surface area (Å²) in [6.45, 7) is 3.03. The number of carbonyl (C=O) groups excluding carboxylic acids is 1. The molecular weight excluding hydrogens is 446 g/mol. The molecule has 0 bridgehead atoms. The molecule has 2 unspecified atom stereocenters. The van der Waals surface area contributed by atoms with Crippen molar-refractivity contribution in [3.63, 3.8) is 0 Å². The van der Waals surface area contributed by atoms with Gasteiger partial charge in [-0.15, -0.1) is 11.3 Å². The number of fused-ring (bicyclic) bond motifs is 1. The molecule has 1 amide bonds. The van der Waals surface area contributed by atoms with Gasteiger partial charge in [0.15, 0.2) is 5.13 Å². The van der Waals surface area contributed by atoms with Crippen LogP contribution in [0.1, 0.15) is 47.1 Å². The van der Waals surface area contributed by atoms with Crippen molar-refractivity contribution in [1.29, 1.82) is 0 Å². The fourth-order valence-electron chi connectivity index (χ4n) is 3.70. The monoisotopic (exact) mass is 469 g/mol. The highest BCUT2D eigenvalue weighted by atomic mass is 35.5.